The molecule has 0 bridgehead atoms. The van der Waals surface area contributed by atoms with Crippen molar-refractivity contribution in [3.8, 4) is 0 Å². The fourth-order valence-corrected chi connectivity index (χ4v) is 2.47. The number of nitro groups is 2. The number of hydrogen-bond donors (Lipinski definition) is 1. The summed E-state index contributed by atoms with van der Waals surface area (Å²) in [5, 5.41) is 21.3. The van der Waals surface area contributed by atoms with Gasteiger partial charge in [0.15, 0.2) is 0 Å². The Morgan fingerprint density at radius 3 is 2.00 bits per heavy atom. The second kappa shape index (κ2) is 4.51. The molecule has 0 saturated heterocycles. The van der Waals surface area contributed by atoms with Gasteiger partial charge in [-0.05, 0) is 11.5 Å². The van der Waals surface area contributed by atoms with Crippen LogP contribution in [0, 0.1) is 20.2 Å². The zero-order chi connectivity index (χ0) is 15.1. The van der Waals surface area contributed by atoms with Crippen LogP contribution in [0.15, 0.2) is 35.2 Å². The first-order valence-electron chi connectivity index (χ1n) is 5.04. The summed E-state index contributed by atoms with van der Waals surface area (Å²) in [6, 6.07) is 4.85. The summed E-state index contributed by atoms with van der Waals surface area (Å²) in [6.45, 7) is 0. The van der Waals surface area contributed by atoms with E-state index in [1.165, 1.54) is 0 Å². The first-order chi connectivity index (χ1) is 9.20. The van der Waals surface area contributed by atoms with Gasteiger partial charge < -0.3 is 0 Å². The smallest absolute Gasteiger partial charge is 0.282 e. The molecule has 0 amide bonds. The number of nitrogens with zero attached hydrogens (tertiary/aromatic N) is 2. The summed E-state index contributed by atoms with van der Waals surface area (Å²) in [6.07, 6.45) is 0. The Hall–Kier alpha value is -2.59. The van der Waals surface area contributed by atoms with Gasteiger partial charge in [0, 0.05) is 29.7 Å². The monoisotopic (exact) mass is 298 g/mol. The van der Waals surface area contributed by atoms with Crippen LogP contribution in [0.2, 0.25) is 0 Å². The number of hydrogen-bond acceptors (Lipinski definition) is 6. The predicted octanol–water partition coefficient (Wildman–Crippen LogP) is 1.90. The maximum atomic E-state index is 11.2. The SMILES string of the molecule is O=[N+]([O-])c1ccc2c(S(=O)(=O)O)cc([N+](=O)[O-])cc2c1. The van der Waals surface area contributed by atoms with Crippen molar-refractivity contribution in [1.29, 1.82) is 0 Å². The summed E-state index contributed by atoms with van der Waals surface area (Å²) in [5.41, 5.74) is -0.940. The molecule has 10 heteroatoms. The van der Waals surface area contributed by atoms with Crippen molar-refractivity contribution in [3.63, 3.8) is 0 Å². The fourth-order valence-electron chi connectivity index (χ4n) is 1.74. The van der Waals surface area contributed by atoms with Crippen molar-refractivity contribution < 1.29 is 22.8 Å². The number of benzene rings is 2. The van der Waals surface area contributed by atoms with E-state index in [0.717, 1.165) is 24.3 Å². The Morgan fingerprint density at radius 2 is 1.50 bits per heavy atom. The van der Waals surface area contributed by atoms with E-state index in [4.69, 9.17) is 4.55 Å². The van der Waals surface area contributed by atoms with Gasteiger partial charge in [0.1, 0.15) is 4.90 Å². The largest absolute Gasteiger partial charge is 0.295 e. The number of rotatable bonds is 3. The van der Waals surface area contributed by atoms with Gasteiger partial charge in [-0.15, -0.1) is 0 Å². The van der Waals surface area contributed by atoms with Crippen LogP contribution in [0.4, 0.5) is 11.4 Å². The molecule has 2 aromatic rings. The Labute approximate surface area is 111 Å². The van der Waals surface area contributed by atoms with E-state index in [-0.39, 0.29) is 16.5 Å². The fraction of sp³-hybridized carbons (Fsp3) is 0. The van der Waals surface area contributed by atoms with Crippen LogP contribution in [0.25, 0.3) is 10.8 Å². The normalized spacial score (nSPS) is 11.4. The van der Waals surface area contributed by atoms with E-state index in [9.17, 15) is 28.6 Å². The summed E-state index contributed by atoms with van der Waals surface area (Å²) < 4.78 is 31.6. The molecule has 9 nitrogen and oxygen atoms in total. The second-order valence-corrected chi connectivity index (χ2v) is 5.23. The Morgan fingerprint density at radius 1 is 0.950 bits per heavy atom. The van der Waals surface area contributed by atoms with Gasteiger partial charge in [-0.1, -0.05) is 0 Å². The highest BCUT2D eigenvalue weighted by Crippen LogP contribution is 2.31. The summed E-state index contributed by atoms with van der Waals surface area (Å²) >= 11 is 0. The van der Waals surface area contributed by atoms with E-state index in [1.807, 2.05) is 0 Å². The van der Waals surface area contributed by atoms with Crippen molar-refractivity contribution in [3.05, 3.63) is 50.6 Å². The molecule has 0 fully saturated rings. The highest BCUT2D eigenvalue weighted by molar-refractivity contribution is 7.86. The van der Waals surface area contributed by atoms with Gasteiger partial charge in [-0.3, -0.25) is 24.8 Å². The first kappa shape index (κ1) is 13.8. The van der Waals surface area contributed by atoms with E-state index in [0.29, 0.717) is 6.07 Å². The van der Waals surface area contributed by atoms with Crippen LogP contribution >= 0.6 is 0 Å². The minimum atomic E-state index is -4.69. The molecule has 0 aromatic heterocycles. The van der Waals surface area contributed by atoms with Crippen LogP contribution in [-0.2, 0) is 10.1 Å². The topological polar surface area (TPSA) is 141 Å². The maximum absolute atomic E-state index is 11.2. The van der Waals surface area contributed by atoms with Gasteiger partial charge in [-0.25, -0.2) is 0 Å². The zero-order valence-corrected chi connectivity index (χ0v) is 10.4. The number of nitro benzene ring substituents is 2. The quantitative estimate of drug-likeness (QED) is 0.518. The zero-order valence-electron chi connectivity index (χ0n) is 9.59. The minimum Gasteiger partial charge on any atom is -0.282 e. The van der Waals surface area contributed by atoms with Crippen LogP contribution in [-0.4, -0.2) is 22.8 Å². The molecule has 20 heavy (non-hydrogen) atoms. The highest BCUT2D eigenvalue weighted by Gasteiger charge is 2.21. The molecule has 0 radical (unpaired) electrons. The standard InChI is InChI=1S/C10H6N2O7S/c13-11(14)7-1-2-9-6(3-7)4-8(12(15)16)5-10(9)20(17,18)19/h1-5H,(H,17,18,19). The Kier molecular flexibility index (Phi) is 3.12. The lowest BCUT2D eigenvalue weighted by molar-refractivity contribution is -0.385. The minimum absolute atomic E-state index is 0.0268. The Balaban J connectivity index is 2.91. The average Bonchev–Trinajstić information content (AvgIpc) is 2.35. The van der Waals surface area contributed by atoms with E-state index >= 15 is 0 Å². The third-order valence-electron chi connectivity index (χ3n) is 2.58. The molecular formula is C10H6N2O7S. The van der Waals surface area contributed by atoms with Gasteiger partial charge >= 0.3 is 0 Å². The lowest BCUT2D eigenvalue weighted by atomic mass is 10.1. The average molecular weight is 298 g/mol. The molecule has 1 N–H and O–H groups in total. The van der Waals surface area contributed by atoms with Gasteiger partial charge in [0.25, 0.3) is 21.5 Å². The second-order valence-electron chi connectivity index (χ2n) is 3.84. The third-order valence-corrected chi connectivity index (χ3v) is 3.48. The molecule has 0 spiro atoms. The molecule has 0 atom stereocenters. The molecule has 0 aliphatic heterocycles. The van der Waals surface area contributed by atoms with Gasteiger partial charge in [-0.2, -0.15) is 8.42 Å². The summed E-state index contributed by atoms with van der Waals surface area (Å²) in [7, 11) is -4.69. The van der Waals surface area contributed by atoms with Gasteiger partial charge in [0.05, 0.1) is 9.85 Å². The molecule has 0 saturated carbocycles. The van der Waals surface area contributed by atoms with Crippen molar-refractivity contribution in [1.82, 2.24) is 0 Å². The molecule has 0 heterocycles. The Bertz CT molecular complexity index is 839. The van der Waals surface area contributed by atoms with E-state index < -0.39 is 30.5 Å². The maximum Gasteiger partial charge on any atom is 0.295 e. The molecule has 0 aliphatic carbocycles. The van der Waals surface area contributed by atoms with Crippen molar-refractivity contribution in [2.45, 2.75) is 4.90 Å². The van der Waals surface area contributed by atoms with Crippen LogP contribution < -0.4 is 0 Å². The first-order valence-corrected chi connectivity index (χ1v) is 6.48. The lowest BCUT2D eigenvalue weighted by Crippen LogP contribution is -2.01. The van der Waals surface area contributed by atoms with Crippen LogP contribution in [0.5, 0.6) is 0 Å². The highest BCUT2D eigenvalue weighted by atomic mass is 32.2. The molecular weight excluding hydrogens is 292 g/mol. The lowest BCUT2D eigenvalue weighted by Gasteiger charge is -2.04. The predicted molar refractivity (Wildman–Crippen MR) is 67.1 cm³/mol. The third kappa shape index (κ3) is 2.41. The number of fused-ring (bicyclic) bond motifs is 1. The van der Waals surface area contributed by atoms with E-state index in [2.05, 4.69) is 0 Å². The molecule has 0 aliphatic rings. The molecule has 2 aromatic carbocycles. The van der Waals surface area contributed by atoms with Crippen LogP contribution in [0.1, 0.15) is 0 Å². The van der Waals surface area contributed by atoms with Crippen LogP contribution in [0.3, 0.4) is 0 Å². The summed E-state index contributed by atoms with van der Waals surface area (Å²) in [4.78, 5) is 19.1. The van der Waals surface area contributed by atoms with Crippen molar-refractivity contribution in [2.24, 2.45) is 0 Å². The van der Waals surface area contributed by atoms with Gasteiger partial charge in [0.2, 0.25) is 0 Å². The molecule has 0 unspecified atom stereocenters. The molecule has 104 valence electrons. The summed E-state index contributed by atoms with van der Waals surface area (Å²) in [5.74, 6) is 0. The van der Waals surface area contributed by atoms with Crippen molar-refractivity contribution >= 4 is 32.3 Å². The molecule has 2 rings (SSSR count). The van der Waals surface area contributed by atoms with E-state index in [1.54, 1.807) is 0 Å². The number of non-ortho nitro benzene ring substituents is 2. The van der Waals surface area contributed by atoms with Crippen molar-refractivity contribution in [2.75, 3.05) is 0 Å².